The van der Waals surface area contributed by atoms with Crippen LogP contribution < -0.4 is 10.6 Å². The Bertz CT molecular complexity index is 1180. The minimum Gasteiger partial charge on any atom is -0.366 e. The SMILES string of the molecule is Fc1cc(-c2ccc(NC3C[C@H]4CC[C@@H](C3)N4)nn2)c2scnc2c1-c1cn[nH]c1. The monoisotopic (exact) mass is 421 g/mol. The zero-order chi connectivity index (χ0) is 20.1. The molecule has 6 rings (SSSR count). The Hall–Kier alpha value is -2.91. The molecule has 2 aliphatic rings. The Kier molecular flexibility index (Phi) is 4.24. The van der Waals surface area contributed by atoms with E-state index in [4.69, 9.17) is 0 Å². The van der Waals surface area contributed by atoms with Crippen molar-refractivity contribution in [3.05, 3.63) is 41.9 Å². The molecule has 2 aliphatic heterocycles. The van der Waals surface area contributed by atoms with Crippen LogP contribution in [-0.4, -0.2) is 43.5 Å². The van der Waals surface area contributed by atoms with Crippen molar-refractivity contribution in [3.8, 4) is 22.4 Å². The van der Waals surface area contributed by atoms with Crippen LogP contribution in [0.3, 0.4) is 0 Å². The van der Waals surface area contributed by atoms with E-state index >= 15 is 4.39 Å². The third-order valence-electron chi connectivity index (χ3n) is 6.11. The molecular weight excluding hydrogens is 401 g/mol. The molecule has 7 nitrogen and oxygen atoms in total. The average molecular weight is 422 g/mol. The second kappa shape index (κ2) is 7.10. The number of halogens is 1. The standard InChI is InChI=1S/C21H20FN7S/c22-16-7-15(21-20(23-10-30-21)19(16)11-8-24-25-9-11)17-3-4-18(29-28-17)27-14-5-12-1-2-13(6-14)26-12/h3-4,7-10,12-14,26H,1-2,5-6H2,(H,24,25)(H,27,29)/t12-,13+,14?. The molecule has 5 heterocycles. The van der Waals surface area contributed by atoms with E-state index in [0.717, 1.165) is 23.4 Å². The van der Waals surface area contributed by atoms with Crippen molar-refractivity contribution < 1.29 is 4.39 Å². The van der Waals surface area contributed by atoms with Crippen molar-refractivity contribution in [3.63, 3.8) is 0 Å². The zero-order valence-corrected chi connectivity index (χ0v) is 16.9. The maximum Gasteiger partial charge on any atom is 0.148 e. The molecule has 2 fully saturated rings. The number of rotatable bonds is 4. The summed E-state index contributed by atoms with van der Waals surface area (Å²) in [4.78, 5) is 4.41. The zero-order valence-electron chi connectivity index (χ0n) is 16.1. The van der Waals surface area contributed by atoms with Crippen LogP contribution in [-0.2, 0) is 0 Å². The van der Waals surface area contributed by atoms with E-state index in [0.29, 0.717) is 46.0 Å². The van der Waals surface area contributed by atoms with Gasteiger partial charge in [-0.1, -0.05) is 0 Å². The summed E-state index contributed by atoms with van der Waals surface area (Å²) in [6.45, 7) is 0. The normalized spacial score (nSPS) is 23.2. The maximum atomic E-state index is 15.0. The molecule has 1 aromatic carbocycles. The summed E-state index contributed by atoms with van der Waals surface area (Å²) in [6.07, 6.45) is 8.02. The van der Waals surface area contributed by atoms with Crippen LogP contribution in [0.1, 0.15) is 25.7 Å². The van der Waals surface area contributed by atoms with Crippen LogP contribution in [0.5, 0.6) is 0 Å². The third kappa shape index (κ3) is 3.05. The van der Waals surface area contributed by atoms with E-state index in [1.165, 1.54) is 30.2 Å². The molecule has 0 aliphatic carbocycles. The molecule has 3 atom stereocenters. The molecular formula is C21H20FN7S. The van der Waals surface area contributed by atoms with E-state index in [9.17, 15) is 0 Å². The first kappa shape index (κ1) is 17.9. The van der Waals surface area contributed by atoms with Crippen molar-refractivity contribution in [2.24, 2.45) is 0 Å². The molecule has 9 heteroatoms. The Morgan fingerprint density at radius 1 is 1.13 bits per heavy atom. The predicted molar refractivity (Wildman–Crippen MR) is 115 cm³/mol. The highest BCUT2D eigenvalue weighted by atomic mass is 32.1. The highest BCUT2D eigenvalue weighted by Gasteiger charge is 2.33. The first-order chi connectivity index (χ1) is 14.7. The van der Waals surface area contributed by atoms with Crippen LogP contribution >= 0.6 is 11.3 Å². The van der Waals surface area contributed by atoms with Gasteiger partial charge in [0.25, 0.3) is 0 Å². The number of aromatic amines is 1. The van der Waals surface area contributed by atoms with E-state index in [-0.39, 0.29) is 5.82 Å². The first-order valence-corrected chi connectivity index (χ1v) is 11.0. The molecule has 0 radical (unpaired) electrons. The lowest BCUT2D eigenvalue weighted by molar-refractivity contribution is 0.377. The van der Waals surface area contributed by atoms with Gasteiger partial charge in [0.05, 0.1) is 27.6 Å². The summed E-state index contributed by atoms with van der Waals surface area (Å²) in [6, 6.07) is 7.00. The van der Waals surface area contributed by atoms with Gasteiger partial charge in [0.15, 0.2) is 0 Å². The van der Waals surface area contributed by atoms with E-state index in [2.05, 4.69) is 36.0 Å². The topological polar surface area (TPSA) is 91.4 Å². The molecule has 0 spiro atoms. The average Bonchev–Trinajstić information content (AvgIpc) is 3.50. The maximum absolute atomic E-state index is 15.0. The lowest BCUT2D eigenvalue weighted by Gasteiger charge is -2.29. The molecule has 3 N–H and O–H groups in total. The van der Waals surface area contributed by atoms with Crippen LogP contribution in [0.2, 0.25) is 0 Å². The van der Waals surface area contributed by atoms with Gasteiger partial charge < -0.3 is 10.6 Å². The number of H-pyrrole nitrogens is 1. The summed E-state index contributed by atoms with van der Waals surface area (Å²) in [5, 5.41) is 22.6. The number of nitrogens with one attached hydrogen (secondary N) is 3. The smallest absolute Gasteiger partial charge is 0.148 e. The van der Waals surface area contributed by atoms with Gasteiger partial charge in [0, 0.05) is 41.0 Å². The molecule has 3 aromatic heterocycles. The van der Waals surface area contributed by atoms with Crippen molar-refractivity contribution in [1.82, 2.24) is 30.7 Å². The summed E-state index contributed by atoms with van der Waals surface area (Å²) in [7, 11) is 0. The predicted octanol–water partition coefficient (Wildman–Crippen LogP) is 3.98. The molecule has 2 saturated heterocycles. The van der Waals surface area contributed by atoms with Gasteiger partial charge in [0.2, 0.25) is 0 Å². The highest BCUT2D eigenvalue weighted by molar-refractivity contribution is 7.17. The Balaban J connectivity index is 1.31. The van der Waals surface area contributed by atoms with E-state index in [1.807, 2.05) is 12.1 Å². The van der Waals surface area contributed by atoms with Gasteiger partial charge in [0.1, 0.15) is 11.6 Å². The van der Waals surface area contributed by atoms with Crippen LogP contribution in [0.15, 0.2) is 36.1 Å². The van der Waals surface area contributed by atoms with Crippen LogP contribution in [0.4, 0.5) is 10.2 Å². The fraction of sp³-hybridized carbons (Fsp3) is 0.333. The number of benzene rings is 1. The molecule has 1 unspecified atom stereocenters. The minimum absolute atomic E-state index is 0.348. The lowest BCUT2D eigenvalue weighted by Crippen LogP contribution is -2.43. The summed E-state index contributed by atoms with van der Waals surface area (Å²) >= 11 is 1.47. The van der Waals surface area contributed by atoms with Gasteiger partial charge >= 0.3 is 0 Å². The number of piperidine rings is 1. The van der Waals surface area contributed by atoms with Crippen molar-refractivity contribution in [2.45, 2.75) is 43.8 Å². The molecule has 0 saturated carbocycles. The van der Waals surface area contributed by atoms with Crippen molar-refractivity contribution in [1.29, 1.82) is 0 Å². The first-order valence-electron chi connectivity index (χ1n) is 10.2. The lowest BCUT2D eigenvalue weighted by atomic mass is 10.00. The fourth-order valence-electron chi connectivity index (χ4n) is 4.78. The Morgan fingerprint density at radius 3 is 2.73 bits per heavy atom. The van der Waals surface area contributed by atoms with Gasteiger partial charge in [-0.25, -0.2) is 9.37 Å². The number of hydrogen-bond acceptors (Lipinski definition) is 7. The number of hydrogen-bond donors (Lipinski definition) is 3. The van der Waals surface area contributed by atoms with Gasteiger partial charge in [-0.05, 0) is 43.9 Å². The third-order valence-corrected chi connectivity index (χ3v) is 6.97. The number of nitrogens with zero attached hydrogens (tertiary/aromatic N) is 4. The molecule has 4 aromatic rings. The van der Waals surface area contributed by atoms with Crippen LogP contribution in [0, 0.1) is 5.82 Å². The molecule has 2 bridgehead atoms. The number of thiazole rings is 1. The second-order valence-corrected chi connectivity index (χ2v) is 8.91. The number of fused-ring (bicyclic) bond motifs is 3. The quantitative estimate of drug-likeness (QED) is 0.462. The summed E-state index contributed by atoms with van der Waals surface area (Å²) in [5.74, 6) is 0.417. The number of aromatic nitrogens is 5. The van der Waals surface area contributed by atoms with E-state index < -0.39 is 0 Å². The van der Waals surface area contributed by atoms with Gasteiger partial charge in [-0.3, -0.25) is 5.10 Å². The summed E-state index contributed by atoms with van der Waals surface area (Å²) in [5.41, 5.74) is 4.82. The second-order valence-electron chi connectivity index (χ2n) is 8.05. The Labute approximate surface area is 176 Å². The molecule has 0 amide bonds. The van der Waals surface area contributed by atoms with Gasteiger partial charge in [-0.2, -0.15) is 5.10 Å². The minimum atomic E-state index is -0.348. The molecule has 152 valence electrons. The Morgan fingerprint density at radius 2 is 2.00 bits per heavy atom. The van der Waals surface area contributed by atoms with Crippen molar-refractivity contribution >= 4 is 27.4 Å². The largest absolute Gasteiger partial charge is 0.366 e. The van der Waals surface area contributed by atoms with Crippen LogP contribution in [0.25, 0.3) is 32.6 Å². The number of anilines is 1. The molecule has 30 heavy (non-hydrogen) atoms. The van der Waals surface area contributed by atoms with Crippen molar-refractivity contribution in [2.75, 3.05) is 5.32 Å². The fourth-order valence-corrected chi connectivity index (χ4v) is 5.60. The highest BCUT2D eigenvalue weighted by Crippen LogP contribution is 2.38. The summed E-state index contributed by atoms with van der Waals surface area (Å²) < 4.78 is 15.9. The van der Waals surface area contributed by atoms with Gasteiger partial charge in [-0.15, -0.1) is 21.5 Å². The van der Waals surface area contributed by atoms with E-state index in [1.54, 1.807) is 17.9 Å².